The number of aromatic carboxylic acids is 1. The Bertz CT molecular complexity index is 608. The fraction of sp³-hybridized carbons (Fsp3) is 0.636. The van der Waals surface area contributed by atoms with Gasteiger partial charge in [-0.1, -0.05) is 58.3 Å². The molecule has 5 nitrogen and oxygen atoms in total. The first-order chi connectivity index (χ1) is 13.1. The summed E-state index contributed by atoms with van der Waals surface area (Å²) >= 11 is 0. The van der Waals surface area contributed by atoms with E-state index in [-0.39, 0.29) is 17.5 Å². The summed E-state index contributed by atoms with van der Waals surface area (Å²) in [6.45, 7) is 2.69. The summed E-state index contributed by atoms with van der Waals surface area (Å²) in [5.74, 6) is -0.933. The average molecular weight is 376 g/mol. The molecule has 0 radical (unpaired) electrons. The van der Waals surface area contributed by atoms with E-state index in [1.165, 1.54) is 38.2 Å². The molecule has 0 atom stereocenters. The molecule has 2 rings (SSSR count). The predicted molar refractivity (Wildman–Crippen MR) is 107 cm³/mol. The molecule has 2 N–H and O–H groups in total. The second-order valence-corrected chi connectivity index (χ2v) is 7.44. The monoisotopic (exact) mass is 375 g/mol. The Morgan fingerprint density at radius 2 is 1.78 bits per heavy atom. The lowest BCUT2D eigenvalue weighted by Crippen LogP contribution is -2.36. The van der Waals surface area contributed by atoms with Crippen molar-refractivity contribution >= 4 is 11.9 Å². The summed E-state index contributed by atoms with van der Waals surface area (Å²) in [5, 5.41) is 12.5. The molecule has 27 heavy (non-hydrogen) atoms. The lowest BCUT2D eigenvalue weighted by molar-refractivity contribution is 0.0692. The van der Waals surface area contributed by atoms with Crippen molar-refractivity contribution in [3.63, 3.8) is 0 Å². The van der Waals surface area contributed by atoms with Crippen LogP contribution >= 0.6 is 0 Å². The van der Waals surface area contributed by atoms with Crippen molar-refractivity contribution in [1.82, 2.24) is 5.32 Å². The van der Waals surface area contributed by atoms with Crippen molar-refractivity contribution in [1.29, 1.82) is 0 Å². The molecular weight excluding hydrogens is 342 g/mol. The van der Waals surface area contributed by atoms with E-state index < -0.39 is 5.97 Å². The maximum absolute atomic E-state index is 12.4. The Balaban J connectivity index is 1.89. The summed E-state index contributed by atoms with van der Waals surface area (Å²) in [4.78, 5) is 24.0. The number of rotatable bonds is 11. The van der Waals surface area contributed by atoms with Gasteiger partial charge >= 0.3 is 5.97 Å². The summed E-state index contributed by atoms with van der Waals surface area (Å²) in [6.07, 6.45) is 12.4. The third-order valence-corrected chi connectivity index (χ3v) is 5.17. The lowest BCUT2D eigenvalue weighted by atomic mass is 9.95. The molecule has 0 aliphatic heterocycles. The van der Waals surface area contributed by atoms with Crippen LogP contribution in [0.3, 0.4) is 0 Å². The Hall–Kier alpha value is -2.04. The second kappa shape index (κ2) is 11.6. The molecule has 0 aromatic heterocycles. The molecule has 1 saturated carbocycles. The SMILES string of the molecule is CCCCCCCCOc1ccc(C(=O)NC2CCCCC2)cc1C(=O)O. The van der Waals surface area contributed by atoms with Crippen molar-refractivity contribution in [2.45, 2.75) is 83.6 Å². The van der Waals surface area contributed by atoms with Crippen molar-refractivity contribution < 1.29 is 19.4 Å². The van der Waals surface area contributed by atoms with Crippen molar-refractivity contribution in [3.05, 3.63) is 29.3 Å². The van der Waals surface area contributed by atoms with Gasteiger partial charge < -0.3 is 15.2 Å². The zero-order valence-electron chi connectivity index (χ0n) is 16.5. The summed E-state index contributed by atoms with van der Waals surface area (Å²) in [7, 11) is 0. The number of unbranched alkanes of at least 4 members (excludes halogenated alkanes) is 5. The highest BCUT2D eigenvalue weighted by atomic mass is 16.5. The summed E-state index contributed by atoms with van der Waals surface area (Å²) in [6, 6.07) is 4.89. The largest absolute Gasteiger partial charge is 0.493 e. The number of ether oxygens (including phenoxy) is 1. The van der Waals surface area contributed by atoms with Crippen LogP contribution in [0.2, 0.25) is 0 Å². The van der Waals surface area contributed by atoms with Gasteiger partial charge in [0.15, 0.2) is 0 Å². The number of carbonyl (C=O) groups excluding carboxylic acids is 1. The van der Waals surface area contributed by atoms with Crippen molar-refractivity contribution in [2.75, 3.05) is 6.61 Å². The highest BCUT2D eigenvalue weighted by Gasteiger charge is 2.19. The van der Waals surface area contributed by atoms with Crippen LogP contribution in [-0.2, 0) is 0 Å². The van der Waals surface area contributed by atoms with Gasteiger partial charge in [-0.2, -0.15) is 0 Å². The lowest BCUT2D eigenvalue weighted by Gasteiger charge is -2.22. The number of carboxylic acids is 1. The minimum absolute atomic E-state index is 0.0530. The molecular formula is C22H33NO4. The van der Waals surface area contributed by atoms with Crippen molar-refractivity contribution in [3.8, 4) is 5.75 Å². The number of hydrogen-bond donors (Lipinski definition) is 2. The molecule has 1 amide bonds. The standard InChI is InChI=1S/C22H33NO4/c1-2-3-4-5-6-10-15-27-20-14-13-17(16-19(20)22(25)26)21(24)23-18-11-8-7-9-12-18/h13-14,16,18H,2-12,15H2,1H3,(H,23,24)(H,25,26). The van der Waals surface area contributed by atoms with Crippen LogP contribution in [0.25, 0.3) is 0 Å². The molecule has 0 unspecified atom stereocenters. The highest BCUT2D eigenvalue weighted by Crippen LogP contribution is 2.22. The quantitative estimate of drug-likeness (QED) is 0.522. The van der Waals surface area contributed by atoms with Gasteiger partial charge in [0.05, 0.1) is 6.61 Å². The topological polar surface area (TPSA) is 75.6 Å². The van der Waals surface area contributed by atoms with Crippen LogP contribution < -0.4 is 10.1 Å². The number of amides is 1. The molecule has 5 heteroatoms. The molecule has 0 bridgehead atoms. The van der Waals surface area contributed by atoms with E-state index in [0.29, 0.717) is 17.9 Å². The third kappa shape index (κ3) is 7.24. The minimum Gasteiger partial charge on any atom is -0.493 e. The molecule has 1 aliphatic rings. The van der Waals surface area contributed by atoms with Crippen LogP contribution in [0.5, 0.6) is 5.75 Å². The number of benzene rings is 1. The molecule has 0 saturated heterocycles. The molecule has 1 aromatic carbocycles. The zero-order valence-corrected chi connectivity index (χ0v) is 16.5. The first-order valence-corrected chi connectivity index (χ1v) is 10.4. The van der Waals surface area contributed by atoms with E-state index in [2.05, 4.69) is 12.2 Å². The van der Waals surface area contributed by atoms with Gasteiger partial charge in [0.2, 0.25) is 0 Å². The van der Waals surface area contributed by atoms with Crippen LogP contribution in [0.1, 0.15) is 98.3 Å². The van der Waals surface area contributed by atoms with Gasteiger partial charge in [-0.15, -0.1) is 0 Å². The zero-order chi connectivity index (χ0) is 19.5. The maximum Gasteiger partial charge on any atom is 0.339 e. The molecule has 1 aliphatic carbocycles. The van der Waals surface area contributed by atoms with Gasteiger partial charge in [0, 0.05) is 11.6 Å². The van der Waals surface area contributed by atoms with Crippen LogP contribution in [0.4, 0.5) is 0 Å². The van der Waals surface area contributed by atoms with Gasteiger partial charge in [-0.3, -0.25) is 4.79 Å². The Kier molecular flexibility index (Phi) is 9.16. The van der Waals surface area contributed by atoms with Gasteiger partial charge in [-0.25, -0.2) is 4.79 Å². The maximum atomic E-state index is 12.4. The van der Waals surface area contributed by atoms with E-state index in [9.17, 15) is 14.7 Å². The van der Waals surface area contributed by atoms with Gasteiger partial charge in [0.1, 0.15) is 11.3 Å². The Morgan fingerprint density at radius 1 is 1.07 bits per heavy atom. The first kappa shape index (κ1) is 21.3. The summed E-state index contributed by atoms with van der Waals surface area (Å²) < 4.78 is 5.68. The fourth-order valence-corrected chi connectivity index (χ4v) is 3.54. The number of hydrogen-bond acceptors (Lipinski definition) is 3. The molecule has 0 heterocycles. The van der Waals surface area contributed by atoms with Crippen LogP contribution in [-0.4, -0.2) is 29.6 Å². The number of carbonyl (C=O) groups is 2. The van der Waals surface area contributed by atoms with Crippen LogP contribution in [0.15, 0.2) is 18.2 Å². The van der Waals surface area contributed by atoms with Crippen LogP contribution in [0, 0.1) is 0 Å². The fourth-order valence-electron chi connectivity index (χ4n) is 3.54. The normalized spacial score (nSPS) is 14.7. The first-order valence-electron chi connectivity index (χ1n) is 10.4. The second-order valence-electron chi connectivity index (χ2n) is 7.44. The van der Waals surface area contributed by atoms with E-state index in [4.69, 9.17) is 4.74 Å². The third-order valence-electron chi connectivity index (χ3n) is 5.17. The highest BCUT2D eigenvalue weighted by molar-refractivity contribution is 5.99. The summed E-state index contributed by atoms with van der Waals surface area (Å²) in [5.41, 5.74) is 0.433. The average Bonchev–Trinajstić information content (AvgIpc) is 2.68. The molecule has 150 valence electrons. The number of carboxylic acid groups (broad SMARTS) is 1. The van der Waals surface area contributed by atoms with E-state index in [1.54, 1.807) is 12.1 Å². The van der Waals surface area contributed by atoms with Gasteiger partial charge in [-0.05, 0) is 37.5 Å². The van der Waals surface area contributed by atoms with Crippen molar-refractivity contribution in [2.24, 2.45) is 0 Å². The minimum atomic E-state index is -1.07. The Morgan fingerprint density at radius 3 is 2.48 bits per heavy atom. The van der Waals surface area contributed by atoms with E-state index in [0.717, 1.165) is 38.5 Å². The van der Waals surface area contributed by atoms with E-state index in [1.807, 2.05) is 0 Å². The molecule has 1 aromatic rings. The Labute approximate surface area is 162 Å². The van der Waals surface area contributed by atoms with E-state index >= 15 is 0 Å². The predicted octanol–water partition coefficient (Wildman–Crippen LogP) is 5.19. The molecule has 1 fully saturated rings. The number of nitrogens with one attached hydrogen (secondary N) is 1. The smallest absolute Gasteiger partial charge is 0.339 e. The molecule has 0 spiro atoms. The van der Waals surface area contributed by atoms with Gasteiger partial charge in [0.25, 0.3) is 5.91 Å².